The molecule has 1 unspecified atom stereocenters. The number of hydrogen-bond acceptors (Lipinski definition) is 4. The van der Waals surface area contributed by atoms with Crippen molar-refractivity contribution in [2.24, 2.45) is 0 Å². The zero-order valence-electron chi connectivity index (χ0n) is 10.1. The summed E-state index contributed by atoms with van der Waals surface area (Å²) in [6.07, 6.45) is 2.34. The number of halogens is 1. The van der Waals surface area contributed by atoms with Gasteiger partial charge in [0.05, 0.1) is 9.04 Å². The first kappa shape index (κ1) is 14.5. The maximum Gasteiger partial charge on any atom is 0.215 e. The average molecular weight is 353 g/mol. The second kappa shape index (κ2) is 6.00. The predicted octanol–water partition coefficient (Wildman–Crippen LogP) is 2.07. The Morgan fingerprint density at radius 1 is 1.50 bits per heavy atom. The first-order valence-electron chi connectivity index (χ1n) is 5.93. The highest BCUT2D eigenvalue weighted by molar-refractivity contribution is 9.11. The Balaban J connectivity index is 1.81. The maximum absolute atomic E-state index is 12.0. The standard InChI is InChI=1S/C11H17BrN2O2S2/c1-8(6-13-9-2-3-9)18(15,16)14-7-10-4-5-11(12)17-10/h4-5,8-9,13-14H,2-3,6-7H2,1H3. The smallest absolute Gasteiger partial charge is 0.215 e. The van der Waals surface area contributed by atoms with Crippen LogP contribution in [0.3, 0.4) is 0 Å². The van der Waals surface area contributed by atoms with Crippen LogP contribution in [0.15, 0.2) is 15.9 Å². The Labute approximate surface area is 120 Å². The quantitative estimate of drug-likeness (QED) is 0.789. The summed E-state index contributed by atoms with van der Waals surface area (Å²) < 4.78 is 27.6. The molecule has 2 N–H and O–H groups in total. The monoisotopic (exact) mass is 352 g/mol. The molecule has 0 aliphatic heterocycles. The van der Waals surface area contributed by atoms with E-state index >= 15 is 0 Å². The van der Waals surface area contributed by atoms with E-state index < -0.39 is 15.3 Å². The van der Waals surface area contributed by atoms with Crippen LogP contribution in [0, 0.1) is 0 Å². The van der Waals surface area contributed by atoms with Gasteiger partial charge in [-0.1, -0.05) is 0 Å². The lowest BCUT2D eigenvalue weighted by molar-refractivity contribution is 0.557. The summed E-state index contributed by atoms with van der Waals surface area (Å²) in [5, 5.41) is 2.84. The molecule has 18 heavy (non-hydrogen) atoms. The highest BCUT2D eigenvalue weighted by Gasteiger charge is 2.25. The summed E-state index contributed by atoms with van der Waals surface area (Å²) in [4.78, 5) is 1.01. The molecule has 0 saturated heterocycles. The van der Waals surface area contributed by atoms with E-state index in [0.29, 0.717) is 19.1 Å². The molecule has 1 heterocycles. The van der Waals surface area contributed by atoms with Crippen molar-refractivity contribution in [1.29, 1.82) is 0 Å². The lowest BCUT2D eigenvalue weighted by Gasteiger charge is -2.14. The Morgan fingerprint density at radius 2 is 2.22 bits per heavy atom. The number of thiophene rings is 1. The van der Waals surface area contributed by atoms with E-state index in [1.807, 2.05) is 12.1 Å². The number of rotatable bonds is 7. The molecule has 0 spiro atoms. The fraction of sp³-hybridized carbons (Fsp3) is 0.636. The molecule has 1 fully saturated rings. The third kappa shape index (κ3) is 4.31. The second-order valence-electron chi connectivity index (χ2n) is 4.57. The van der Waals surface area contributed by atoms with Crippen molar-refractivity contribution in [3.63, 3.8) is 0 Å². The Hall–Kier alpha value is 0.0500. The van der Waals surface area contributed by atoms with Crippen molar-refractivity contribution in [3.8, 4) is 0 Å². The zero-order valence-corrected chi connectivity index (χ0v) is 13.4. The van der Waals surface area contributed by atoms with Crippen LogP contribution in [-0.4, -0.2) is 26.3 Å². The van der Waals surface area contributed by atoms with Crippen LogP contribution in [0.25, 0.3) is 0 Å². The molecule has 1 aliphatic rings. The molecule has 0 bridgehead atoms. The van der Waals surface area contributed by atoms with E-state index in [0.717, 1.165) is 8.66 Å². The van der Waals surface area contributed by atoms with Crippen molar-refractivity contribution in [2.75, 3.05) is 6.54 Å². The normalized spacial score (nSPS) is 17.9. The molecule has 1 saturated carbocycles. The minimum atomic E-state index is -3.24. The lowest BCUT2D eigenvalue weighted by atomic mass is 10.4. The van der Waals surface area contributed by atoms with Crippen LogP contribution in [0.5, 0.6) is 0 Å². The minimum Gasteiger partial charge on any atom is -0.313 e. The third-order valence-electron chi connectivity index (χ3n) is 2.88. The predicted molar refractivity (Wildman–Crippen MR) is 78.3 cm³/mol. The molecule has 1 atom stereocenters. The Kier molecular flexibility index (Phi) is 4.82. The third-order valence-corrected chi connectivity index (χ3v) is 6.27. The summed E-state index contributed by atoms with van der Waals surface area (Å²) in [5.41, 5.74) is 0. The van der Waals surface area contributed by atoms with Gasteiger partial charge in [-0.05, 0) is 47.8 Å². The molecule has 0 amide bonds. The van der Waals surface area contributed by atoms with E-state index in [1.165, 1.54) is 12.8 Å². The lowest BCUT2D eigenvalue weighted by Crippen LogP contribution is -2.39. The van der Waals surface area contributed by atoms with Gasteiger partial charge in [-0.2, -0.15) is 0 Å². The highest BCUT2D eigenvalue weighted by Crippen LogP contribution is 2.22. The highest BCUT2D eigenvalue weighted by atomic mass is 79.9. The summed E-state index contributed by atoms with van der Waals surface area (Å²) in [6.45, 7) is 2.63. The van der Waals surface area contributed by atoms with Crippen LogP contribution < -0.4 is 10.0 Å². The van der Waals surface area contributed by atoms with E-state index in [-0.39, 0.29) is 0 Å². The SMILES string of the molecule is CC(CNC1CC1)S(=O)(=O)NCc1ccc(Br)s1. The van der Waals surface area contributed by atoms with Gasteiger partial charge in [0.15, 0.2) is 0 Å². The van der Waals surface area contributed by atoms with Crippen LogP contribution >= 0.6 is 27.3 Å². The van der Waals surface area contributed by atoms with Gasteiger partial charge in [0.25, 0.3) is 0 Å². The van der Waals surface area contributed by atoms with E-state index in [1.54, 1.807) is 18.3 Å². The molecule has 7 heteroatoms. The molecule has 0 aromatic carbocycles. The minimum absolute atomic E-state index is 0.367. The Bertz CT molecular complexity index is 497. The van der Waals surface area contributed by atoms with Crippen molar-refractivity contribution >= 4 is 37.3 Å². The van der Waals surface area contributed by atoms with E-state index in [4.69, 9.17) is 0 Å². The molecule has 4 nitrogen and oxygen atoms in total. The van der Waals surface area contributed by atoms with Gasteiger partial charge in [0.1, 0.15) is 0 Å². The second-order valence-corrected chi connectivity index (χ2v) is 9.30. The van der Waals surface area contributed by atoms with E-state index in [2.05, 4.69) is 26.0 Å². The van der Waals surface area contributed by atoms with Gasteiger partial charge < -0.3 is 5.32 Å². The number of hydrogen-bond donors (Lipinski definition) is 2. The summed E-state index contributed by atoms with van der Waals surface area (Å²) in [5.74, 6) is 0. The van der Waals surface area contributed by atoms with Crippen LogP contribution in [-0.2, 0) is 16.6 Å². The van der Waals surface area contributed by atoms with E-state index in [9.17, 15) is 8.42 Å². The van der Waals surface area contributed by atoms with Crippen molar-refractivity contribution in [2.45, 2.75) is 37.6 Å². The van der Waals surface area contributed by atoms with Gasteiger partial charge in [0.2, 0.25) is 10.0 Å². The summed E-state index contributed by atoms with van der Waals surface area (Å²) in [6, 6.07) is 4.38. The molecule has 1 aliphatic carbocycles. The first-order valence-corrected chi connectivity index (χ1v) is 9.09. The van der Waals surface area contributed by atoms with Crippen LogP contribution in [0.4, 0.5) is 0 Å². The Morgan fingerprint density at radius 3 is 2.78 bits per heavy atom. The molecular weight excluding hydrogens is 336 g/mol. The fourth-order valence-electron chi connectivity index (χ4n) is 1.49. The van der Waals surface area contributed by atoms with Crippen molar-refractivity contribution in [1.82, 2.24) is 10.0 Å². The maximum atomic E-state index is 12.0. The summed E-state index contributed by atoms with van der Waals surface area (Å²) in [7, 11) is -3.24. The van der Waals surface area contributed by atoms with Gasteiger partial charge >= 0.3 is 0 Å². The topological polar surface area (TPSA) is 58.2 Å². The number of nitrogens with one attached hydrogen (secondary N) is 2. The fourth-order valence-corrected chi connectivity index (χ4v) is 3.96. The number of sulfonamides is 1. The molecule has 102 valence electrons. The molecule has 1 aromatic rings. The van der Waals surface area contributed by atoms with Crippen molar-refractivity contribution < 1.29 is 8.42 Å². The van der Waals surface area contributed by atoms with Gasteiger partial charge in [-0.15, -0.1) is 11.3 Å². The van der Waals surface area contributed by atoms with Crippen molar-refractivity contribution in [3.05, 3.63) is 20.8 Å². The zero-order chi connectivity index (χ0) is 13.2. The molecule has 0 radical (unpaired) electrons. The van der Waals surface area contributed by atoms with Crippen LogP contribution in [0.2, 0.25) is 0 Å². The molecule has 2 rings (SSSR count). The molecule has 1 aromatic heterocycles. The first-order chi connectivity index (χ1) is 8.47. The molecular formula is C11H17BrN2O2S2. The van der Waals surface area contributed by atoms with Gasteiger partial charge in [-0.25, -0.2) is 13.1 Å². The van der Waals surface area contributed by atoms with Gasteiger partial charge in [0, 0.05) is 24.0 Å². The average Bonchev–Trinajstić information content (AvgIpc) is 3.06. The summed E-state index contributed by atoms with van der Waals surface area (Å²) >= 11 is 4.90. The largest absolute Gasteiger partial charge is 0.313 e. The van der Waals surface area contributed by atoms with Gasteiger partial charge in [-0.3, -0.25) is 0 Å². The van der Waals surface area contributed by atoms with Crippen LogP contribution in [0.1, 0.15) is 24.6 Å².